The molecule has 0 fully saturated rings. The Hall–Kier alpha value is -3.61. The average Bonchev–Trinajstić information content (AvgIpc) is 3.20. The third-order valence-corrected chi connectivity index (χ3v) is 6.71. The summed E-state index contributed by atoms with van der Waals surface area (Å²) in [4.78, 5) is 2.03. The first-order chi connectivity index (χ1) is 17.2. The van der Waals surface area contributed by atoms with Crippen molar-refractivity contribution in [2.75, 3.05) is 12.0 Å². The summed E-state index contributed by atoms with van der Waals surface area (Å²) < 4.78 is 47.2. The van der Waals surface area contributed by atoms with Crippen LogP contribution in [0.3, 0.4) is 0 Å². The van der Waals surface area contributed by atoms with Crippen LogP contribution in [0, 0.1) is 13.8 Å². The molecular weight excluding hydrogens is 462 g/mol. The van der Waals surface area contributed by atoms with Gasteiger partial charge in [-0.15, -0.1) is 0 Å². The Balaban J connectivity index is 1.63. The normalized spacial score (nSPS) is 16.3. The van der Waals surface area contributed by atoms with E-state index in [2.05, 4.69) is 5.16 Å². The van der Waals surface area contributed by atoms with Crippen molar-refractivity contribution < 1.29 is 22.8 Å². The maximum Gasteiger partial charge on any atom is 0.273 e. The monoisotopic (exact) mass is 494 g/mol. The average molecular weight is 495 g/mol. The van der Waals surface area contributed by atoms with Gasteiger partial charge in [-0.3, -0.25) is 0 Å². The van der Waals surface area contributed by atoms with Crippen LogP contribution in [0.4, 0.5) is 14.6 Å². The zero-order chi connectivity index (χ0) is 26.0. The molecule has 2 aromatic carbocycles. The van der Waals surface area contributed by atoms with Crippen LogP contribution in [0.1, 0.15) is 49.6 Å². The third kappa shape index (κ3) is 4.74. The molecule has 0 aliphatic carbocycles. The van der Waals surface area contributed by atoms with Crippen LogP contribution < -0.4 is 4.90 Å². The van der Waals surface area contributed by atoms with Crippen LogP contribution in [-0.4, -0.2) is 18.3 Å². The Morgan fingerprint density at radius 2 is 1.81 bits per heavy atom. The van der Waals surface area contributed by atoms with Gasteiger partial charge in [-0.1, -0.05) is 54.5 Å². The molecule has 0 saturated heterocycles. The summed E-state index contributed by atoms with van der Waals surface area (Å²) in [5.74, 6) is -0.283. The fraction of sp³-hybridized carbons (Fsp3) is 0.345. The van der Waals surface area contributed by atoms with E-state index in [9.17, 15) is 8.78 Å². The summed E-state index contributed by atoms with van der Waals surface area (Å²) in [6, 6.07) is 14.2. The van der Waals surface area contributed by atoms with E-state index in [1.165, 1.54) is 6.92 Å². The molecule has 0 saturated carbocycles. The van der Waals surface area contributed by atoms with Gasteiger partial charge >= 0.3 is 0 Å². The Morgan fingerprint density at radius 3 is 2.42 bits per heavy atom. The van der Waals surface area contributed by atoms with Gasteiger partial charge in [0.2, 0.25) is 0 Å². The number of aryl methyl sites for hydroxylation is 1. The highest BCUT2D eigenvalue weighted by molar-refractivity contribution is 5.69. The summed E-state index contributed by atoms with van der Waals surface area (Å²) in [5, 5.41) is 4.22. The van der Waals surface area contributed by atoms with Crippen LogP contribution >= 0.6 is 0 Å². The fourth-order valence-corrected chi connectivity index (χ4v) is 4.53. The summed E-state index contributed by atoms with van der Waals surface area (Å²) in [6.07, 6.45) is 1.59. The van der Waals surface area contributed by atoms with Crippen molar-refractivity contribution in [1.29, 1.82) is 0 Å². The number of nitrogens with zero attached hydrogens (tertiary/aromatic N) is 2. The van der Waals surface area contributed by atoms with Gasteiger partial charge in [0.1, 0.15) is 12.4 Å². The molecule has 0 radical (unpaired) electrons. The van der Waals surface area contributed by atoms with Crippen molar-refractivity contribution in [3.8, 4) is 11.1 Å². The molecule has 1 aliphatic heterocycles. The number of hydrogen-bond acceptors (Lipinski definition) is 5. The molecule has 36 heavy (non-hydrogen) atoms. The van der Waals surface area contributed by atoms with Crippen LogP contribution in [0.25, 0.3) is 11.1 Å². The topological polar surface area (TPSA) is 47.7 Å². The molecule has 7 heteroatoms. The zero-order valence-electron chi connectivity index (χ0n) is 21.6. The Kier molecular flexibility index (Phi) is 7.20. The number of rotatable bonds is 8. The summed E-state index contributed by atoms with van der Waals surface area (Å²) in [5.41, 5.74) is 3.81. The Labute approximate surface area is 211 Å². The molecule has 190 valence electrons. The second-order valence-corrected chi connectivity index (χ2v) is 9.04. The molecule has 1 aromatic heterocycles. The van der Waals surface area contributed by atoms with Gasteiger partial charge in [-0.25, -0.2) is 8.78 Å². The standard InChI is InChI=1S/C29H32F2N2O3/c1-7-29(30,31)25-16-22(13-14-24(25)23-11-9-8-10-12-23)17-35-26-15-18(2)33(20(4)27(26)34-6)28-19(3)21(5)36-32-28/h8-16,20H,7,17H2,1-6H3. The number of ether oxygens (including phenoxy) is 2. The highest BCUT2D eigenvalue weighted by atomic mass is 19.3. The minimum atomic E-state index is -2.96. The molecule has 1 unspecified atom stereocenters. The molecular formula is C29H32F2N2O3. The van der Waals surface area contributed by atoms with Crippen LogP contribution in [0.15, 0.2) is 76.3 Å². The van der Waals surface area contributed by atoms with Crippen molar-refractivity contribution >= 4 is 5.82 Å². The summed E-state index contributed by atoms with van der Waals surface area (Å²) in [7, 11) is 1.59. The molecule has 0 spiro atoms. The highest BCUT2D eigenvalue weighted by Gasteiger charge is 2.34. The molecule has 0 bridgehead atoms. The second-order valence-electron chi connectivity index (χ2n) is 9.04. The van der Waals surface area contributed by atoms with Crippen LogP contribution in [0.2, 0.25) is 0 Å². The van der Waals surface area contributed by atoms with E-state index in [4.69, 9.17) is 14.0 Å². The van der Waals surface area contributed by atoms with Crippen molar-refractivity contribution in [2.45, 2.75) is 59.6 Å². The first-order valence-electron chi connectivity index (χ1n) is 12.1. The summed E-state index contributed by atoms with van der Waals surface area (Å²) in [6.45, 7) is 9.42. The maximum atomic E-state index is 15.0. The number of halogens is 2. The van der Waals surface area contributed by atoms with Crippen molar-refractivity contribution in [2.24, 2.45) is 0 Å². The Bertz CT molecular complexity index is 1300. The van der Waals surface area contributed by atoms with Gasteiger partial charge in [0.15, 0.2) is 17.3 Å². The summed E-state index contributed by atoms with van der Waals surface area (Å²) >= 11 is 0. The molecule has 3 aromatic rings. The molecule has 0 N–H and O–H groups in total. The lowest BCUT2D eigenvalue weighted by Crippen LogP contribution is -2.37. The first kappa shape index (κ1) is 25.5. The second kappa shape index (κ2) is 10.2. The molecule has 1 atom stereocenters. The van der Waals surface area contributed by atoms with E-state index in [1.54, 1.807) is 19.2 Å². The van der Waals surface area contributed by atoms with Crippen molar-refractivity contribution in [1.82, 2.24) is 5.16 Å². The number of anilines is 1. The van der Waals surface area contributed by atoms with Crippen LogP contribution in [0.5, 0.6) is 0 Å². The lowest BCUT2D eigenvalue weighted by Gasteiger charge is -2.35. The van der Waals surface area contributed by atoms with Gasteiger partial charge in [-0.05, 0) is 50.5 Å². The number of aromatic nitrogens is 1. The van der Waals surface area contributed by atoms with Crippen molar-refractivity contribution in [3.05, 3.63) is 94.3 Å². The van der Waals surface area contributed by atoms with E-state index < -0.39 is 5.92 Å². The largest absolute Gasteiger partial charge is 0.495 e. The number of benzene rings is 2. The predicted octanol–water partition coefficient (Wildman–Crippen LogP) is 7.65. The number of hydrogen-bond donors (Lipinski definition) is 0. The molecule has 0 amide bonds. The molecule has 4 rings (SSSR count). The van der Waals surface area contributed by atoms with Crippen molar-refractivity contribution in [3.63, 3.8) is 0 Å². The van der Waals surface area contributed by atoms with Gasteiger partial charge < -0.3 is 18.9 Å². The lowest BCUT2D eigenvalue weighted by atomic mass is 9.92. The van der Waals surface area contributed by atoms with Gasteiger partial charge in [0, 0.05) is 29.3 Å². The zero-order valence-corrected chi connectivity index (χ0v) is 21.6. The molecule has 2 heterocycles. The molecule has 1 aliphatic rings. The van der Waals surface area contributed by atoms with Gasteiger partial charge in [0.25, 0.3) is 5.92 Å². The van der Waals surface area contributed by atoms with E-state index in [-0.39, 0.29) is 24.6 Å². The number of methoxy groups -OCH3 is 1. The Morgan fingerprint density at radius 1 is 1.08 bits per heavy atom. The van der Waals surface area contributed by atoms with Gasteiger partial charge in [0.05, 0.1) is 13.2 Å². The first-order valence-corrected chi connectivity index (χ1v) is 12.1. The minimum absolute atomic E-state index is 0.00466. The number of allylic oxidation sites excluding steroid dienone is 2. The SMILES string of the molecule is CCC(F)(F)c1cc(COC2=C(OC)C(C)N(c3noc(C)c3C)C(C)=C2)ccc1-c1ccccc1. The maximum absolute atomic E-state index is 15.0. The lowest BCUT2D eigenvalue weighted by molar-refractivity contribution is -0.00784. The van der Waals surface area contributed by atoms with Gasteiger partial charge in [-0.2, -0.15) is 0 Å². The van der Waals surface area contributed by atoms with E-state index in [0.717, 1.165) is 28.4 Å². The van der Waals surface area contributed by atoms with E-state index >= 15 is 0 Å². The molecule has 5 nitrogen and oxygen atoms in total. The fourth-order valence-electron chi connectivity index (χ4n) is 4.53. The van der Waals surface area contributed by atoms with E-state index in [1.807, 2.05) is 75.1 Å². The predicted molar refractivity (Wildman–Crippen MR) is 137 cm³/mol. The third-order valence-electron chi connectivity index (χ3n) is 6.71. The smallest absolute Gasteiger partial charge is 0.273 e. The minimum Gasteiger partial charge on any atom is -0.495 e. The number of alkyl halides is 2. The van der Waals surface area contributed by atoms with Crippen LogP contribution in [-0.2, 0) is 22.0 Å². The quantitative estimate of drug-likeness (QED) is 0.322. The highest BCUT2D eigenvalue weighted by Crippen LogP contribution is 2.39. The van der Waals surface area contributed by atoms with E-state index in [0.29, 0.717) is 22.6 Å².